The van der Waals surface area contributed by atoms with Crippen molar-refractivity contribution < 1.29 is 9.47 Å². The predicted molar refractivity (Wildman–Crippen MR) is 74.1 cm³/mol. The van der Waals surface area contributed by atoms with Gasteiger partial charge in [-0.25, -0.2) is 4.68 Å². The molecule has 0 saturated carbocycles. The monoisotopic (exact) mass is 280 g/mol. The summed E-state index contributed by atoms with van der Waals surface area (Å²) in [5.74, 6) is 8.81. The second kappa shape index (κ2) is 6.33. The van der Waals surface area contributed by atoms with Crippen LogP contribution in [-0.4, -0.2) is 34.3 Å². The van der Waals surface area contributed by atoms with Crippen molar-refractivity contribution in [2.24, 2.45) is 0 Å². The van der Waals surface area contributed by atoms with Crippen LogP contribution < -0.4 is 15.3 Å². The standard InChI is InChI=1S/C12H16N4O2S/c1-9-14-15-12(16(9)13)19-8-7-18-11-5-3-10(17-2)4-6-11/h3-6H,7-8,13H2,1-2H3. The maximum absolute atomic E-state index is 5.74. The molecule has 1 heterocycles. The Bertz CT molecular complexity index is 527. The maximum Gasteiger partial charge on any atom is 0.209 e. The Morgan fingerprint density at radius 2 is 1.89 bits per heavy atom. The molecule has 2 N–H and O–H groups in total. The van der Waals surface area contributed by atoms with E-state index in [9.17, 15) is 0 Å². The molecule has 0 saturated heterocycles. The van der Waals surface area contributed by atoms with E-state index in [2.05, 4.69) is 10.2 Å². The topological polar surface area (TPSA) is 75.2 Å². The fourth-order valence-corrected chi connectivity index (χ4v) is 2.13. The van der Waals surface area contributed by atoms with Crippen LogP contribution in [0.1, 0.15) is 5.82 Å². The Hall–Kier alpha value is -1.89. The van der Waals surface area contributed by atoms with E-state index in [-0.39, 0.29) is 0 Å². The molecule has 0 aliphatic carbocycles. The molecule has 1 aromatic heterocycles. The Kier molecular flexibility index (Phi) is 4.51. The summed E-state index contributed by atoms with van der Waals surface area (Å²) in [6, 6.07) is 7.48. The van der Waals surface area contributed by atoms with Gasteiger partial charge in [0.1, 0.15) is 17.3 Å². The van der Waals surface area contributed by atoms with Gasteiger partial charge in [-0.3, -0.25) is 0 Å². The zero-order valence-corrected chi connectivity index (χ0v) is 11.7. The first-order chi connectivity index (χ1) is 9.20. The van der Waals surface area contributed by atoms with E-state index in [1.807, 2.05) is 31.2 Å². The van der Waals surface area contributed by atoms with E-state index in [4.69, 9.17) is 15.3 Å². The number of aromatic nitrogens is 3. The normalized spacial score (nSPS) is 10.4. The number of aryl methyl sites for hydroxylation is 1. The van der Waals surface area contributed by atoms with Gasteiger partial charge in [0.25, 0.3) is 0 Å². The Balaban J connectivity index is 1.76. The molecule has 0 radical (unpaired) electrons. The molecule has 0 aliphatic heterocycles. The number of ether oxygens (including phenoxy) is 2. The Labute approximate surface area is 115 Å². The minimum atomic E-state index is 0.572. The van der Waals surface area contributed by atoms with Crippen LogP contribution in [-0.2, 0) is 0 Å². The molecule has 0 spiro atoms. The third-order valence-electron chi connectivity index (χ3n) is 2.48. The second-order valence-corrected chi connectivity index (χ2v) is 4.83. The summed E-state index contributed by atoms with van der Waals surface area (Å²) in [6.45, 7) is 2.38. The van der Waals surface area contributed by atoms with Crippen LogP contribution in [0.3, 0.4) is 0 Å². The van der Waals surface area contributed by atoms with Crippen molar-refractivity contribution in [2.75, 3.05) is 25.3 Å². The molecule has 0 amide bonds. The van der Waals surface area contributed by atoms with Gasteiger partial charge >= 0.3 is 0 Å². The highest BCUT2D eigenvalue weighted by Crippen LogP contribution is 2.18. The van der Waals surface area contributed by atoms with Gasteiger partial charge in [-0.1, -0.05) is 11.8 Å². The number of methoxy groups -OCH3 is 1. The minimum Gasteiger partial charge on any atom is -0.497 e. The first kappa shape index (κ1) is 13.5. The van der Waals surface area contributed by atoms with Crippen molar-refractivity contribution in [3.8, 4) is 11.5 Å². The van der Waals surface area contributed by atoms with Crippen molar-refractivity contribution in [1.29, 1.82) is 0 Å². The van der Waals surface area contributed by atoms with Crippen LogP contribution >= 0.6 is 11.8 Å². The number of hydrogen-bond acceptors (Lipinski definition) is 6. The van der Waals surface area contributed by atoms with Crippen molar-refractivity contribution in [3.63, 3.8) is 0 Å². The lowest BCUT2D eigenvalue weighted by Crippen LogP contribution is -2.12. The first-order valence-electron chi connectivity index (χ1n) is 5.77. The van der Waals surface area contributed by atoms with Gasteiger partial charge in [0.15, 0.2) is 0 Å². The highest BCUT2D eigenvalue weighted by molar-refractivity contribution is 7.99. The Morgan fingerprint density at radius 1 is 1.21 bits per heavy atom. The van der Waals surface area contributed by atoms with Crippen LogP contribution in [0, 0.1) is 6.92 Å². The molecule has 0 bridgehead atoms. The lowest BCUT2D eigenvalue weighted by molar-refractivity contribution is 0.342. The predicted octanol–water partition coefficient (Wildman–Crippen LogP) is 1.48. The summed E-state index contributed by atoms with van der Waals surface area (Å²) in [5.41, 5.74) is 0. The van der Waals surface area contributed by atoms with Gasteiger partial charge in [-0.05, 0) is 31.2 Å². The van der Waals surface area contributed by atoms with E-state index in [0.717, 1.165) is 17.3 Å². The van der Waals surface area contributed by atoms with E-state index < -0.39 is 0 Å². The van der Waals surface area contributed by atoms with Gasteiger partial charge in [0.05, 0.1) is 13.7 Å². The molecule has 2 aromatic rings. The van der Waals surface area contributed by atoms with Gasteiger partial charge in [0.2, 0.25) is 5.16 Å². The highest BCUT2D eigenvalue weighted by atomic mass is 32.2. The van der Waals surface area contributed by atoms with Crippen LogP contribution in [0.5, 0.6) is 11.5 Å². The number of nitrogens with zero attached hydrogens (tertiary/aromatic N) is 3. The fourth-order valence-electron chi connectivity index (χ4n) is 1.41. The van der Waals surface area contributed by atoms with Crippen molar-refractivity contribution in [2.45, 2.75) is 12.1 Å². The third kappa shape index (κ3) is 3.54. The average Bonchev–Trinajstić information content (AvgIpc) is 2.76. The fraction of sp³-hybridized carbons (Fsp3) is 0.333. The van der Waals surface area contributed by atoms with Crippen molar-refractivity contribution >= 4 is 11.8 Å². The number of hydrogen-bond donors (Lipinski definition) is 1. The zero-order valence-electron chi connectivity index (χ0n) is 10.9. The van der Waals surface area contributed by atoms with E-state index >= 15 is 0 Å². The summed E-state index contributed by atoms with van der Waals surface area (Å²) in [4.78, 5) is 0. The number of rotatable bonds is 6. The average molecular weight is 280 g/mol. The van der Waals surface area contributed by atoms with Gasteiger partial charge in [-0.2, -0.15) is 0 Å². The van der Waals surface area contributed by atoms with E-state index in [0.29, 0.717) is 17.6 Å². The maximum atomic E-state index is 5.74. The molecule has 6 nitrogen and oxygen atoms in total. The minimum absolute atomic E-state index is 0.572. The van der Waals surface area contributed by atoms with Crippen LogP contribution in [0.4, 0.5) is 0 Å². The first-order valence-corrected chi connectivity index (χ1v) is 6.76. The molecule has 1 aromatic carbocycles. The van der Waals surface area contributed by atoms with Crippen molar-refractivity contribution in [1.82, 2.24) is 14.9 Å². The van der Waals surface area contributed by atoms with Crippen LogP contribution in [0.15, 0.2) is 29.4 Å². The molecule has 0 fully saturated rings. The van der Waals surface area contributed by atoms with Gasteiger partial charge < -0.3 is 15.3 Å². The second-order valence-electron chi connectivity index (χ2n) is 3.77. The third-order valence-corrected chi connectivity index (χ3v) is 3.38. The highest BCUT2D eigenvalue weighted by Gasteiger charge is 2.05. The molecule has 2 rings (SSSR count). The summed E-state index contributed by atoms with van der Waals surface area (Å²) >= 11 is 1.51. The molecule has 102 valence electrons. The molecule has 0 aliphatic rings. The summed E-state index contributed by atoms with van der Waals surface area (Å²) in [6.07, 6.45) is 0. The largest absolute Gasteiger partial charge is 0.497 e. The van der Waals surface area contributed by atoms with E-state index in [1.165, 1.54) is 16.4 Å². The summed E-state index contributed by atoms with van der Waals surface area (Å²) < 4.78 is 12.1. The van der Waals surface area contributed by atoms with Gasteiger partial charge in [0, 0.05) is 5.75 Å². The van der Waals surface area contributed by atoms with E-state index in [1.54, 1.807) is 7.11 Å². The van der Waals surface area contributed by atoms with Crippen LogP contribution in [0.25, 0.3) is 0 Å². The smallest absolute Gasteiger partial charge is 0.209 e. The number of benzene rings is 1. The number of nitrogen functional groups attached to an aromatic ring is 1. The molecule has 0 unspecified atom stereocenters. The summed E-state index contributed by atoms with van der Waals surface area (Å²) in [5, 5.41) is 8.54. The quantitative estimate of drug-likeness (QED) is 0.491. The summed E-state index contributed by atoms with van der Waals surface area (Å²) in [7, 11) is 1.64. The lowest BCUT2D eigenvalue weighted by Gasteiger charge is -2.06. The van der Waals surface area contributed by atoms with Crippen molar-refractivity contribution in [3.05, 3.63) is 30.1 Å². The molecule has 7 heteroatoms. The zero-order chi connectivity index (χ0) is 13.7. The molecule has 0 atom stereocenters. The molecule has 19 heavy (non-hydrogen) atoms. The number of thioether (sulfide) groups is 1. The number of nitrogens with two attached hydrogens (primary N) is 1. The Morgan fingerprint density at radius 3 is 2.47 bits per heavy atom. The molecular weight excluding hydrogens is 264 g/mol. The molecular formula is C12H16N4O2S. The van der Waals surface area contributed by atoms with Crippen LogP contribution in [0.2, 0.25) is 0 Å². The lowest BCUT2D eigenvalue weighted by atomic mass is 10.3. The van der Waals surface area contributed by atoms with Gasteiger partial charge in [-0.15, -0.1) is 10.2 Å². The SMILES string of the molecule is COc1ccc(OCCSc2nnc(C)n2N)cc1.